The number of hydrogen-bond donors (Lipinski definition) is 1. The van der Waals surface area contributed by atoms with Crippen LogP contribution in [0.15, 0.2) is 24.3 Å². The largest absolute Gasteiger partial charge is 0.492 e. The van der Waals surface area contributed by atoms with E-state index in [-0.39, 0.29) is 0 Å². The van der Waals surface area contributed by atoms with Crippen molar-refractivity contribution in [3.63, 3.8) is 0 Å². The van der Waals surface area contributed by atoms with Crippen molar-refractivity contribution in [2.75, 3.05) is 32.5 Å². The quantitative estimate of drug-likeness (QED) is 0.750. The first-order valence-corrected chi connectivity index (χ1v) is 5.75. The van der Waals surface area contributed by atoms with Gasteiger partial charge in [0.15, 0.2) is 0 Å². The van der Waals surface area contributed by atoms with Crippen LogP contribution in [0.25, 0.3) is 0 Å². The summed E-state index contributed by atoms with van der Waals surface area (Å²) in [6.07, 6.45) is 0. The van der Waals surface area contributed by atoms with E-state index in [1.165, 1.54) is 0 Å². The molecule has 0 aliphatic carbocycles. The van der Waals surface area contributed by atoms with E-state index in [1.807, 2.05) is 24.3 Å². The number of nitrogens with two attached hydrogens (primary N) is 1. The van der Waals surface area contributed by atoms with Crippen molar-refractivity contribution in [3.8, 4) is 5.75 Å². The van der Waals surface area contributed by atoms with Crippen molar-refractivity contribution >= 4 is 5.69 Å². The molecule has 0 saturated carbocycles. The summed E-state index contributed by atoms with van der Waals surface area (Å²) in [5.41, 5.74) is 6.41. The Balaban J connectivity index is 2.25. The number of nitrogens with zero attached hydrogens (tertiary/aromatic N) is 1. The fourth-order valence-electron chi connectivity index (χ4n) is 1.64. The first-order valence-electron chi connectivity index (χ1n) is 5.75. The fraction of sp³-hybridized carbons (Fsp3) is 0.538. The van der Waals surface area contributed by atoms with Gasteiger partial charge in [0.2, 0.25) is 0 Å². The Morgan fingerprint density at radius 3 is 2.75 bits per heavy atom. The molecule has 0 amide bonds. The van der Waals surface area contributed by atoms with Crippen molar-refractivity contribution < 1.29 is 4.74 Å². The first kappa shape index (κ1) is 12.8. The van der Waals surface area contributed by atoms with Gasteiger partial charge in [-0.3, -0.25) is 0 Å². The van der Waals surface area contributed by atoms with Gasteiger partial charge in [0.05, 0.1) is 0 Å². The van der Waals surface area contributed by atoms with Gasteiger partial charge in [0.25, 0.3) is 0 Å². The van der Waals surface area contributed by atoms with Crippen molar-refractivity contribution in [1.82, 2.24) is 4.90 Å². The lowest BCUT2D eigenvalue weighted by atomic mass is 10.2. The standard InChI is InChI=1S/C13H22N2O/c1-11(2)10-15(3)7-8-16-13-6-4-5-12(14)9-13/h4-6,9,11H,7-8,10,14H2,1-3H3. The van der Waals surface area contributed by atoms with Crippen molar-refractivity contribution in [1.29, 1.82) is 0 Å². The maximum Gasteiger partial charge on any atom is 0.121 e. The van der Waals surface area contributed by atoms with Gasteiger partial charge >= 0.3 is 0 Å². The molecule has 90 valence electrons. The van der Waals surface area contributed by atoms with E-state index in [2.05, 4.69) is 25.8 Å². The van der Waals surface area contributed by atoms with E-state index >= 15 is 0 Å². The molecule has 0 heterocycles. The van der Waals surface area contributed by atoms with Crippen LogP contribution in [-0.2, 0) is 0 Å². The molecule has 0 radical (unpaired) electrons. The van der Waals surface area contributed by atoms with Crippen molar-refractivity contribution in [2.45, 2.75) is 13.8 Å². The third-order valence-electron chi connectivity index (χ3n) is 2.28. The second-order valence-electron chi connectivity index (χ2n) is 4.58. The van der Waals surface area contributed by atoms with Crippen LogP contribution in [-0.4, -0.2) is 31.6 Å². The summed E-state index contributed by atoms with van der Waals surface area (Å²) in [6, 6.07) is 7.54. The van der Waals surface area contributed by atoms with Gasteiger partial charge in [-0.1, -0.05) is 19.9 Å². The predicted octanol–water partition coefficient (Wildman–Crippen LogP) is 2.24. The average Bonchev–Trinajstić information content (AvgIpc) is 2.16. The second-order valence-corrected chi connectivity index (χ2v) is 4.58. The van der Waals surface area contributed by atoms with Crippen LogP contribution in [0.1, 0.15) is 13.8 Å². The van der Waals surface area contributed by atoms with E-state index in [1.54, 1.807) is 0 Å². The highest BCUT2D eigenvalue weighted by atomic mass is 16.5. The lowest BCUT2D eigenvalue weighted by Crippen LogP contribution is -2.27. The van der Waals surface area contributed by atoms with Gasteiger partial charge < -0.3 is 15.4 Å². The first-order chi connectivity index (χ1) is 7.58. The molecule has 0 fully saturated rings. The van der Waals surface area contributed by atoms with Gasteiger partial charge in [-0.2, -0.15) is 0 Å². The molecule has 1 rings (SSSR count). The molecular weight excluding hydrogens is 200 g/mol. The molecule has 1 aromatic rings. The molecule has 0 aliphatic rings. The predicted molar refractivity (Wildman–Crippen MR) is 68.7 cm³/mol. The topological polar surface area (TPSA) is 38.5 Å². The zero-order valence-corrected chi connectivity index (χ0v) is 10.4. The van der Waals surface area contributed by atoms with E-state index in [4.69, 9.17) is 10.5 Å². The molecular formula is C13H22N2O. The summed E-state index contributed by atoms with van der Waals surface area (Å²) in [6.45, 7) is 7.17. The molecule has 1 aromatic carbocycles. The molecule has 0 aliphatic heterocycles. The lowest BCUT2D eigenvalue weighted by molar-refractivity contribution is 0.223. The molecule has 0 unspecified atom stereocenters. The van der Waals surface area contributed by atoms with E-state index in [9.17, 15) is 0 Å². The van der Waals surface area contributed by atoms with Crippen LogP contribution >= 0.6 is 0 Å². The minimum atomic E-state index is 0.692. The summed E-state index contributed by atoms with van der Waals surface area (Å²) in [5.74, 6) is 1.54. The summed E-state index contributed by atoms with van der Waals surface area (Å²) in [7, 11) is 2.11. The second kappa shape index (κ2) is 6.38. The Labute approximate surface area is 98.2 Å². The summed E-state index contributed by atoms with van der Waals surface area (Å²) in [5, 5.41) is 0. The average molecular weight is 222 g/mol. The maximum atomic E-state index is 5.67. The maximum absolute atomic E-state index is 5.67. The number of benzene rings is 1. The minimum Gasteiger partial charge on any atom is -0.492 e. The Morgan fingerprint density at radius 2 is 2.12 bits per heavy atom. The van der Waals surface area contributed by atoms with Crippen molar-refractivity contribution in [3.05, 3.63) is 24.3 Å². The Hall–Kier alpha value is -1.22. The molecule has 0 aromatic heterocycles. The van der Waals surface area contributed by atoms with E-state index in [0.29, 0.717) is 12.5 Å². The van der Waals surface area contributed by atoms with Gasteiger partial charge in [-0.15, -0.1) is 0 Å². The Kier molecular flexibility index (Phi) is 5.12. The lowest BCUT2D eigenvalue weighted by Gasteiger charge is -2.18. The number of rotatable bonds is 6. The molecule has 3 heteroatoms. The van der Waals surface area contributed by atoms with E-state index in [0.717, 1.165) is 24.5 Å². The molecule has 0 spiro atoms. The number of likely N-dealkylation sites (N-methyl/N-ethyl adjacent to an activating group) is 1. The van der Waals surface area contributed by atoms with Crippen LogP contribution in [0.5, 0.6) is 5.75 Å². The SMILES string of the molecule is CC(C)CN(C)CCOc1cccc(N)c1. The fourth-order valence-corrected chi connectivity index (χ4v) is 1.64. The number of hydrogen-bond acceptors (Lipinski definition) is 3. The van der Waals surface area contributed by atoms with Crippen LogP contribution in [0.4, 0.5) is 5.69 Å². The smallest absolute Gasteiger partial charge is 0.121 e. The van der Waals surface area contributed by atoms with Crippen LogP contribution in [0, 0.1) is 5.92 Å². The van der Waals surface area contributed by atoms with Crippen LogP contribution in [0.3, 0.4) is 0 Å². The molecule has 0 saturated heterocycles. The number of ether oxygens (including phenoxy) is 1. The monoisotopic (exact) mass is 222 g/mol. The molecule has 3 nitrogen and oxygen atoms in total. The van der Waals surface area contributed by atoms with Gasteiger partial charge in [0.1, 0.15) is 12.4 Å². The zero-order valence-electron chi connectivity index (χ0n) is 10.4. The van der Waals surface area contributed by atoms with Crippen molar-refractivity contribution in [2.24, 2.45) is 5.92 Å². The number of anilines is 1. The normalized spacial score (nSPS) is 11.1. The molecule has 16 heavy (non-hydrogen) atoms. The van der Waals surface area contributed by atoms with Gasteiger partial charge in [0, 0.05) is 24.8 Å². The van der Waals surface area contributed by atoms with Crippen LogP contribution in [0.2, 0.25) is 0 Å². The summed E-state index contributed by atoms with van der Waals surface area (Å²) in [4.78, 5) is 2.27. The Bertz CT molecular complexity index is 313. The summed E-state index contributed by atoms with van der Waals surface area (Å²) < 4.78 is 5.62. The highest BCUT2D eigenvalue weighted by Crippen LogP contribution is 2.14. The van der Waals surface area contributed by atoms with Gasteiger partial charge in [-0.05, 0) is 25.1 Å². The van der Waals surface area contributed by atoms with Gasteiger partial charge in [-0.25, -0.2) is 0 Å². The number of nitrogen functional groups attached to an aromatic ring is 1. The Morgan fingerprint density at radius 1 is 1.38 bits per heavy atom. The van der Waals surface area contributed by atoms with Crippen LogP contribution < -0.4 is 10.5 Å². The highest BCUT2D eigenvalue weighted by Gasteiger charge is 2.01. The zero-order chi connectivity index (χ0) is 12.0. The highest BCUT2D eigenvalue weighted by molar-refractivity contribution is 5.43. The molecule has 2 N–H and O–H groups in total. The third-order valence-corrected chi connectivity index (χ3v) is 2.28. The molecule has 0 atom stereocenters. The van der Waals surface area contributed by atoms with E-state index < -0.39 is 0 Å². The molecule has 0 bridgehead atoms. The minimum absolute atomic E-state index is 0.692. The summed E-state index contributed by atoms with van der Waals surface area (Å²) >= 11 is 0. The third kappa shape index (κ3) is 5.03.